The predicted molar refractivity (Wildman–Crippen MR) is 60.6 cm³/mol. The van der Waals surface area contributed by atoms with E-state index in [1.54, 1.807) is 20.8 Å². The maximum Gasteiger partial charge on any atom is 0.408 e. The molecule has 0 aliphatic heterocycles. The first-order chi connectivity index (χ1) is 8.33. The van der Waals surface area contributed by atoms with Crippen LogP contribution in [0.5, 0.6) is 0 Å². The number of nitrogens with one attached hydrogen (secondary N) is 1. The molecule has 0 radical (unpaired) electrons. The average Bonchev–Trinajstić information content (AvgIpc) is 2.11. The number of hydrogen-bond donors (Lipinski definition) is 2. The monoisotopic (exact) mass is 285 g/mol. The molecule has 0 spiro atoms. The summed E-state index contributed by atoms with van der Waals surface area (Å²) in [5.41, 5.74) is -0.858. The van der Waals surface area contributed by atoms with E-state index >= 15 is 0 Å². The zero-order valence-electron chi connectivity index (χ0n) is 11.2. The van der Waals surface area contributed by atoms with Gasteiger partial charge in [-0.3, -0.25) is 0 Å². The molecule has 2 unspecified atom stereocenters. The number of amides is 1. The molecule has 5 nitrogen and oxygen atoms in total. The molecule has 8 heteroatoms. The molecule has 2 atom stereocenters. The second kappa shape index (κ2) is 6.12. The zero-order valence-corrected chi connectivity index (χ0v) is 11.2. The van der Waals surface area contributed by atoms with Crippen LogP contribution in [0.25, 0.3) is 0 Å². The molecule has 0 fully saturated rings. The minimum Gasteiger partial charge on any atom is -0.480 e. The third-order valence-electron chi connectivity index (χ3n) is 2.14. The lowest BCUT2D eigenvalue weighted by molar-refractivity contribution is -0.174. The van der Waals surface area contributed by atoms with Gasteiger partial charge in [0, 0.05) is 0 Å². The predicted octanol–water partition coefficient (Wildman–Crippen LogP) is 2.55. The highest BCUT2D eigenvalue weighted by molar-refractivity contribution is 5.80. The van der Waals surface area contributed by atoms with Gasteiger partial charge >= 0.3 is 18.2 Å². The van der Waals surface area contributed by atoms with Crippen molar-refractivity contribution in [3.8, 4) is 0 Å². The molecule has 0 saturated heterocycles. The molecule has 112 valence electrons. The van der Waals surface area contributed by atoms with Gasteiger partial charge in [-0.2, -0.15) is 13.2 Å². The molecule has 0 rings (SSSR count). The second-order valence-electron chi connectivity index (χ2n) is 5.22. The highest BCUT2D eigenvalue weighted by Crippen LogP contribution is 2.29. The van der Waals surface area contributed by atoms with Crippen LogP contribution in [0.2, 0.25) is 0 Å². The summed E-state index contributed by atoms with van der Waals surface area (Å²) in [6, 6.07) is -1.65. The van der Waals surface area contributed by atoms with E-state index in [1.165, 1.54) is 0 Å². The Labute approximate surface area is 109 Å². The van der Waals surface area contributed by atoms with Crippen LogP contribution in [-0.4, -0.2) is 35.0 Å². The highest BCUT2D eigenvalue weighted by Gasteiger charge is 2.39. The Balaban J connectivity index is 4.60. The Bertz CT molecular complexity index is 336. The van der Waals surface area contributed by atoms with Crippen molar-refractivity contribution in [3.63, 3.8) is 0 Å². The number of alkyl halides is 3. The molecular weight excluding hydrogens is 267 g/mol. The first kappa shape index (κ1) is 17.5. The largest absolute Gasteiger partial charge is 0.480 e. The van der Waals surface area contributed by atoms with Gasteiger partial charge in [-0.25, -0.2) is 9.59 Å². The van der Waals surface area contributed by atoms with Gasteiger partial charge in [0.25, 0.3) is 0 Å². The smallest absolute Gasteiger partial charge is 0.408 e. The van der Waals surface area contributed by atoms with E-state index in [9.17, 15) is 22.8 Å². The van der Waals surface area contributed by atoms with Crippen LogP contribution in [0.15, 0.2) is 0 Å². The van der Waals surface area contributed by atoms with Crippen molar-refractivity contribution < 1.29 is 32.6 Å². The van der Waals surface area contributed by atoms with Gasteiger partial charge in [0.05, 0.1) is 5.92 Å². The van der Waals surface area contributed by atoms with Gasteiger partial charge in [0.1, 0.15) is 11.6 Å². The number of ether oxygens (including phenoxy) is 1. The lowest BCUT2D eigenvalue weighted by atomic mass is 10.0. The number of carbonyl (C=O) groups excluding carboxylic acids is 1. The fourth-order valence-electron chi connectivity index (χ4n) is 1.16. The number of hydrogen-bond acceptors (Lipinski definition) is 3. The standard InChI is InChI=1S/C11H18F3NO4/c1-6(11(12,13)14)5-7(8(16)17)15-9(18)19-10(2,3)4/h6-7H,5H2,1-4H3,(H,15,18)(H,16,17). The lowest BCUT2D eigenvalue weighted by Gasteiger charge is -2.24. The maximum atomic E-state index is 12.3. The number of aliphatic carboxylic acids is 1. The van der Waals surface area contributed by atoms with Crippen LogP contribution in [0, 0.1) is 5.92 Å². The van der Waals surface area contributed by atoms with E-state index in [1.807, 2.05) is 5.32 Å². The Morgan fingerprint density at radius 2 is 1.74 bits per heavy atom. The SMILES string of the molecule is CC(CC(NC(=O)OC(C)(C)C)C(=O)O)C(F)(F)F. The maximum absolute atomic E-state index is 12.3. The van der Waals surface area contributed by atoms with Crippen molar-refractivity contribution in [2.24, 2.45) is 5.92 Å². The molecule has 0 aliphatic rings. The summed E-state index contributed by atoms with van der Waals surface area (Å²) < 4.78 is 41.8. The third kappa shape index (κ3) is 7.53. The molecule has 2 N–H and O–H groups in total. The van der Waals surface area contributed by atoms with Crippen molar-refractivity contribution >= 4 is 12.1 Å². The molecule has 0 aromatic carbocycles. The fourth-order valence-corrected chi connectivity index (χ4v) is 1.16. The highest BCUT2D eigenvalue weighted by atomic mass is 19.4. The number of halogens is 3. The molecule has 0 heterocycles. The fraction of sp³-hybridized carbons (Fsp3) is 0.818. The number of rotatable bonds is 4. The van der Waals surface area contributed by atoms with Gasteiger partial charge < -0.3 is 15.2 Å². The number of carboxylic acids is 1. The molecule has 1 amide bonds. The summed E-state index contributed by atoms with van der Waals surface area (Å²) in [5.74, 6) is -3.38. The molecule has 0 aliphatic carbocycles. The van der Waals surface area contributed by atoms with Gasteiger partial charge in [-0.05, 0) is 27.2 Å². The minimum absolute atomic E-state index is 0.752. The van der Waals surface area contributed by atoms with Crippen LogP contribution in [0.3, 0.4) is 0 Å². The van der Waals surface area contributed by atoms with E-state index in [-0.39, 0.29) is 0 Å². The van der Waals surface area contributed by atoms with Crippen molar-refractivity contribution in [3.05, 3.63) is 0 Å². The summed E-state index contributed by atoms with van der Waals surface area (Å²) in [6.45, 7) is 5.52. The molecule has 0 aromatic heterocycles. The van der Waals surface area contributed by atoms with Gasteiger partial charge in [-0.1, -0.05) is 6.92 Å². The third-order valence-corrected chi connectivity index (χ3v) is 2.14. The van der Waals surface area contributed by atoms with E-state index in [0.717, 1.165) is 6.92 Å². The lowest BCUT2D eigenvalue weighted by Crippen LogP contribution is -2.45. The van der Waals surface area contributed by atoms with Crippen LogP contribution in [0.1, 0.15) is 34.1 Å². The zero-order chi connectivity index (χ0) is 15.4. The Morgan fingerprint density at radius 1 is 1.26 bits per heavy atom. The van der Waals surface area contributed by atoms with Crippen molar-refractivity contribution in [2.45, 2.75) is 51.9 Å². The summed E-state index contributed by atoms with van der Waals surface area (Å²) in [7, 11) is 0. The minimum atomic E-state index is -4.51. The Hall–Kier alpha value is -1.47. The topological polar surface area (TPSA) is 75.6 Å². The quantitative estimate of drug-likeness (QED) is 0.832. The van der Waals surface area contributed by atoms with E-state index in [2.05, 4.69) is 0 Å². The molecule has 0 aromatic rings. The van der Waals surface area contributed by atoms with E-state index < -0.39 is 42.2 Å². The molecule has 19 heavy (non-hydrogen) atoms. The number of alkyl carbamates (subject to hydrolysis) is 1. The number of carboxylic acid groups (broad SMARTS) is 1. The van der Waals surface area contributed by atoms with Crippen molar-refractivity contribution in [2.75, 3.05) is 0 Å². The molecular formula is C11H18F3NO4. The summed E-state index contributed by atoms with van der Waals surface area (Å²) in [6.07, 6.45) is -6.32. The summed E-state index contributed by atoms with van der Waals surface area (Å²) in [4.78, 5) is 22.2. The van der Waals surface area contributed by atoms with Crippen molar-refractivity contribution in [1.82, 2.24) is 5.32 Å². The van der Waals surface area contributed by atoms with Crippen molar-refractivity contribution in [1.29, 1.82) is 0 Å². The van der Waals surface area contributed by atoms with Crippen LogP contribution < -0.4 is 5.32 Å². The Morgan fingerprint density at radius 3 is 2.05 bits per heavy atom. The Kier molecular flexibility index (Phi) is 5.64. The summed E-state index contributed by atoms with van der Waals surface area (Å²) in [5, 5.41) is 10.7. The average molecular weight is 285 g/mol. The van der Waals surface area contributed by atoms with E-state index in [0.29, 0.717) is 0 Å². The molecule has 0 saturated carbocycles. The number of carbonyl (C=O) groups is 2. The van der Waals surface area contributed by atoms with Crippen LogP contribution in [0.4, 0.5) is 18.0 Å². The normalized spacial score (nSPS) is 15.5. The first-order valence-corrected chi connectivity index (χ1v) is 5.62. The van der Waals surface area contributed by atoms with Gasteiger partial charge in [-0.15, -0.1) is 0 Å². The van der Waals surface area contributed by atoms with Gasteiger partial charge in [0.2, 0.25) is 0 Å². The van der Waals surface area contributed by atoms with Gasteiger partial charge in [0.15, 0.2) is 0 Å². The first-order valence-electron chi connectivity index (χ1n) is 5.62. The second-order valence-corrected chi connectivity index (χ2v) is 5.22. The van der Waals surface area contributed by atoms with E-state index in [4.69, 9.17) is 9.84 Å². The van der Waals surface area contributed by atoms with Crippen LogP contribution in [-0.2, 0) is 9.53 Å². The summed E-state index contributed by atoms with van der Waals surface area (Å²) >= 11 is 0. The van der Waals surface area contributed by atoms with Crippen LogP contribution >= 0.6 is 0 Å². The molecule has 0 bridgehead atoms.